The Hall–Kier alpha value is -0.280. The summed E-state index contributed by atoms with van der Waals surface area (Å²) in [4.78, 5) is 4.56. The van der Waals surface area contributed by atoms with Crippen molar-refractivity contribution in [3.63, 3.8) is 0 Å². The second kappa shape index (κ2) is 7.22. The third-order valence-electron chi connectivity index (χ3n) is 2.72. The highest BCUT2D eigenvalue weighted by Gasteiger charge is 2.07. The second-order valence-corrected chi connectivity index (χ2v) is 5.25. The summed E-state index contributed by atoms with van der Waals surface area (Å²) in [6.07, 6.45) is 0. The molecule has 0 aromatic heterocycles. The Labute approximate surface area is 114 Å². The Morgan fingerprint density at radius 2 is 1.82 bits per heavy atom. The zero-order chi connectivity index (χ0) is 12.8. The maximum Gasteiger partial charge on any atom is 0.0465 e. The Morgan fingerprint density at radius 3 is 2.35 bits per heavy atom. The van der Waals surface area contributed by atoms with Gasteiger partial charge in [-0.2, -0.15) is 0 Å². The molecule has 1 aromatic carbocycles. The van der Waals surface area contributed by atoms with Crippen molar-refractivity contribution in [1.29, 1.82) is 0 Å². The summed E-state index contributed by atoms with van der Waals surface area (Å²) in [6.45, 7) is 6.16. The molecule has 0 fully saturated rings. The summed E-state index contributed by atoms with van der Waals surface area (Å²) in [5, 5.41) is 1.44. The van der Waals surface area contributed by atoms with Crippen molar-refractivity contribution in [1.82, 2.24) is 9.80 Å². The van der Waals surface area contributed by atoms with E-state index in [1.807, 2.05) is 12.1 Å². The molecular weight excluding hydrogens is 255 g/mol. The van der Waals surface area contributed by atoms with Crippen LogP contribution in [0.4, 0.5) is 0 Å². The third-order valence-corrected chi connectivity index (χ3v) is 3.31. The summed E-state index contributed by atoms with van der Waals surface area (Å²) >= 11 is 12.1. The van der Waals surface area contributed by atoms with Gasteiger partial charge >= 0.3 is 0 Å². The molecule has 0 atom stereocenters. The number of hydrogen-bond acceptors (Lipinski definition) is 2. The van der Waals surface area contributed by atoms with Crippen LogP contribution in [0.1, 0.15) is 12.5 Å². The van der Waals surface area contributed by atoms with E-state index in [4.69, 9.17) is 23.2 Å². The predicted octanol–water partition coefficient (Wildman–Crippen LogP) is 3.38. The Balaban J connectivity index is 2.60. The van der Waals surface area contributed by atoms with Crippen LogP contribution in [0, 0.1) is 0 Å². The minimum Gasteiger partial charge on any atom is -0.308 e. The molecular formula is C13H20Cl2N2. The van der Waals surface area contributed by atoms with Gasteiger partial charge < -0.3 is 4.90 Å². The number of hydrogen-bond donors (Lipinski definition) is 0. The van der Waals surface area contributed by atoms with Gasteiger partial charge in [0.25, 0.3) is 0 Å². The Bertz CT molecular complexity index is 353. The van der Waals surface area contributed by atoms with Gasteiger partial charge in [0.05, 0.1) is 0 Å². The van der Waals surface area contributed by atoms with E-state index in [9.17, 15) is 0 Å². The van der Waals surface area contributed by atoms with E-state index in [-0.39, 0.29) is 0 Å². The average molecular weight is 275 g/mol. The largest absolute Gasteiger partial charge is 0.308 e. The van der Waals surface area contributed by atoms with Crippen molar-refractivity contribution in [2.45, 2.75) is 13.5 Å². The maximum atomic E-state index is 6.17. The average Bonchev–Trinajstić information content (AvgIpc) is 2.26. The number of rotatable bonds is 6. The van der Waals surface area contributed by atoms with Crippen LogP contribution < -0.4 is 0 Å². The minimum atomic E-state index is 0.690. The number of benzene rings is 1. The van der Waals surface area contributed by atoms with Gasteiger partial charge in [-0.25, -0.2) is 0 Å². The van der Waals surface area contributed by atoms with Crippen molar-refractivity contribution in [3.05, 3.63) is 33.8 Å². The normalized spacial score (nSPS) is 11.5. The van der Waals surface area contributed by atoms with Crippen LogP contribution in [0.25, 0.3) is 0 Å². The molecule has 0 saturated carbocycles. The van der Waals surface area contributed by atoms with Gasteiger partial charge in [0, 0.05) is 29.7 Å². The van der Waals surface area contributed by atoms with Crippen LogP contribution >= 0.6 is 23.2 Å². The molecule has 0 bridgehead atoms. The summed E-state index contributed by atoms with van der Waals surface area (Å²) < 4.78 is 0. The molecule has 1 rings (SSSR count). The molecule has 1 aromatic rings. The van der Waals surface area contributed by atoms with Gasteiger partial charge in [0.15, 0.2) is 0 Å². The highest BCUT2D eigenvalue weighted by Crippen LogP contribution is 2.22. The van der Waals surface area contributed by atoms with Crippen molar-refractivity contribution in [3.8, 4) is 0 Å². The van der Waals surface area contributed by atoms with E-state index in [0.717, 1.165) is 36.8 Å². The molecule has 17 heavy (non-hydrogen) atoms. The lowest BCUT2D eigenvalue weighted by molar-refractivity contribution is 0.244. The van der Waals surface area contributed by atoms with Gasteiger partial charge in [0.2, 0.25) is 0 Å². The van der Waals surface area contributed by atoms with Crippen LogP contribution in [0.3, 0.4) is 0 Å². The molecule has 0 unspecified atom stereocenters. The zero-order valence-corrected chi connectivity index (χ0v) is 12.2. The van der Waals surface area contributed by atoms with Crippen LogP contribution in [0.15, 0.2) is 18.2 Å². The second-order valence-electron chi connectivity index (χ2n) is 4.41. The van der Waals surface area contributed by atoms with Gasteiger partial charge in [0.1, 0.15) is 0 Å². The third kappa shape index (κ3) is 5.26. The molecule has 0 aliphatic heterocycles. The van der Waals surface area contributed by atoms with Gasteiger partial charge in [-0.05, 0) is 38.3 Å². The van der Waals surface area contributed by atoms with Crippen LogP contribution in [-0.2, 0) is 6.54 Å². The van der Waals surface area contributed by atoms with Crippen molar-refractivity contribution in [2.24, 2.45) is 0 Å². The van der Waals surface area contributed by atoms with Crippen LogP contribution in [-0.4, -0.2) is 43.5 Å². The summed E-state index contributed by atoms with van der Waals surface area (Å²) in [6, 6.07) is 5.70. The van der Waals surface area contributed by atoms with Crippen LogP contribution in [0.5, 0.6) is 0 Å². The number of nitrogens with zero attached hydrogens (tertiary/aromatic N) is 2. The Morgan fingerprint density at radius 1 is 1.12 bits per heavy atom. The fourth-order valence-corrected chi connectivity index (χ4v) is 2.05. The zero-order valence-electron chi connectivity index (χ0n) is 10.7. The molecule has 96 valence electrons. The monoisotopic (exact) mass is 274 g/mol. The first-order chi connectivity index (χ1) is 8.02. The number of likely N-dealkylation sites (N-methyl/N-ethyl adjacent to an activating group) is 2. The van der Waals surface area contributed by atoms with Gasteiger partial charge in [-0.15, -0.1) is 0 Å². The van der Waals surface area contributed by atoms with E-state index < -0.39 is 0 Å². The molecule has 0 amide bonds. The fraction of sp³-hybridized carbons (Fsp3) is 0.538. The van der Waals surface area contributed by atoms with E-state index in [2.05, 4.69) is 30.8 Å². The lowest BCUT2D eigenvalue weighted by Gasteiger charge is -2.23. The van der Waals surface area contributed by atoms with Crippen molar-refractivity contribution < 1.29 is 0 Å². The topological polar surface area (TPSA) is 6.48 Å². The maximum absolute atomic E-state index is 6.17. The molecule has 0 saturated heterocycles. The summed E-state index contributed by atoms with van der Waals surface area (Å²) in [7, 11) is 4.17. The molecule has 0 aliphatic rings. The predicted molar refractivity (Wildman–Crippen MR) is 76.0 cm³/mol. The van der Waals surface area contributed by atoms with Crippen molar-refractivity contribution in [2.75, 3.05) is 33.7 Å². The smallest absolute Gasteiger partial charge is 0.0465 e. The minimum absolute atomic E-state index is 0.690. The first kappa shape index (κ1) is 14.8. The van der Waals surface area contributed by atoms with Gasteiger partial charge in [-0.3, -0.25) is 4.90 Å². The quantitative estimate of drug-likeness (QED) is 0.785. The highest BCUT2D eigenvalue weighted by atomic mass is 35.5. The van der Waals surface area contributed by atoms with Crippen molar-refractivity contribution >= 4 is 23.2 Å². The number of halogens is 2. The van der Waals surface area contributed by atoms with Gasteiger partial charge in [-0.1, -0.05) is 36.2 Å². The lowest BCUT2D eigenvalue weighted by Crippen LogP contribution is -2.31. The summed E-state index contributed by atoms with van der Waals surface area (Å²) in [5.74, 6) is 0. The summed E-state index contributed by atoms with van der Waals surface area (Å²) in [5.41, 5.74) is 1.14. The molecule has 0 aliphatic carbocycles. The van der Waals surface area contributed by atoms with E-state index >= 15 is 0 Å². The molecule has 4 heteroatoms. The van der Waals surface area contributed by atoms with E-state index in [1.54, 1.807) is 6.07 Å². The molecule has 0 radical (unpaired) electrons. The van der Waals surface area contributed by atoms with E-state index in [0.29, 0.717) is 5.02 Å². The molecule has 2 nitrogen and oxygen atoms in total. The van der Waals surface area contributed by atoms with E-state index in [1.165, 1.54) is 0 Å². The first-order valence-corrected chi connectivity index (χ1v) is 6.59. The molecule has 0 heterocycles. The lowest BCUT2D eigenvalue weighted by atomic mass is 10.2. The molecule has 0 spiro atoms. The highest BCUT2D eigenvalue weighted by molar-refractivity contribution is 6.35. The fourth-order valence-electron chi connectivity index (χ4n) is 1.58. The molecule has 0 N–H and O–H groups in total. The Kier molecular flexibility index (Phi) is 6.28. The SMILES string of the molecule is CCN(CCN(C)C)Cc1ccc(Cl)cc1Cl. The standard InChI is InChI=1S/C13H20Cl2N2/c1-4-17(8-7-16(2)3)10-11-5-6-12(14)9-13(11)15/h5-6,9H,4,7-8,10H2,1-3H3. The van der Waals surface area contributed by atoms with Crippen LogP contribution in [0.2, 0.25) is 10.0 Å². The first-order valence-electron chi connectivity index (χ1n) is 5.84.